The smallest absolute Gasteiger partial charge is 0.410 e. The molecule has 2 unspecified atom stereocenters. The topological polar surface area (TPSA) is 49.8 Å². The lowest BCUT2D eigenvalue weighted by molar-refractivity contribution is -0.0184. The van der Waals surface area contributed by atoms with E-state index in [-0.39, 0.29) is 36.7 Å². The summed E-state index contributed by atoms with van der Waals surface area (Å²) in [6.07, 6.45) is 2.20. The van der Waals surface area contributed by atoms with Crippen LogP contribution in [0.25, 0.3) is 0 Å². The number of halogens is 2. The molecular formula is C24H47F2NO3. The summed E-state index contributed by atoms with van der Waals surface area (Å²) in [5, 5.41) is 10.3. The zero-order valence-electron chi connectivity index (χ0n) is 20.9. The molecule has 180 valence electrons. The number of alkyl halides is 2. The number of amides is 1. The monoisotopic (exact) mass is 435 g/mol. The highest BCUT2D eigenvalue weighted by Crippen LogP contribution is 2.48. The molecule has 2 rings (SSSR count). The molecule has 2 aliphatic rings. The maximum absolute atomic E-state index is 13.7. The number of nitrogens with zero attached hydrogens (tertiary/aromatic N) is 1. The van der Waals surface area contributed by atoms with Gasteiger partial charge in [-0.3, -0.25) is 0 Å². The molecule has 30 heavy (non-hydrogen) atoms. The van der Waals surface area contributed by atoms with E-state index in [2.05, 4.69) is 0 Å². The van der Waals surface area contributed by atoms with Gasteiger partial charge in [0.15, 0.2) is 0 Å². The Hall–Kier alpha value is -0.910. The van der Waals surface area contributed by atoms with Gasteiger partial charge in [-0.05, 0) is 78.1 Å². The van der Waals surface area contributed by atoms with Gasteiger partial charge in [0.25, 0.3) is 0 Å². The molecule has 0 spiro atoms. The van der Waals surface area contributed by atoms with Crippen molar-refractivity contribution in [2.75, 3.05) is 13.1 Å². The van der Waals surface area contributed by atoms with Gasteiger partial charge in [-0.15, -0.1) is 0 Å². The van der Waals surface area contributed by atoms with Crippen LogP contribution in [0.5, 0.6) is 0 Å². The maximum atomic E-state index is 13.7. The second kappa shape index (κ2) is 12.2. The summed E-state index contributed by atoms with van der Waals surface area (Å²) in [5.41, 5.74) is -1.39. The molecule has 0 aromatic carbocycles. The van der Waals surface area contributed by atoms with E-state index in [1.54, 1.807) is 18.7 Å². The van der Waals surface area contributed by atoms with Crippen LogP contribution < -0.4 is 0 Å². The summed E-state index contributed by atoms with van der Waals surface area (Å²) >= 11 is 0. The van der Waals surface area contributed by atoms with Crippen LogP contribution in [0.1, 0.15) is 101 Å². The van der Waals surface area contributed by atoms with E-state index >= 15 is 0 Å². The molecule has 0 aromatic heterocycles. The predicted octanol–water partition coefficient (Wildman–Crippen LogP) is 6.90. The van der Waals surface area contributed by atoms with Crippen molar-refractivity contribution in [3.05, 3.63) is 0 Å². The van der Waals surface area contributed by atoms with Crippen LogP contribution in [-0.4, -0.2) is 46.3 Å². The number of ether oxygens (including phenoxy) is 1. The third-order valence-corrected chi connectivity index (χ3v) is 5.58. The van der Waals surface area contributed by atoms with E-state index < -0.39 is 17.1 Å². The van der Waals surface area contributed by atoms with Crippen molar-refractivity contribution in [3.8, 4) is 0 Å². The van der Waals surface area contributed by atoms with E-state index in [0.29, 0.717) is 25.9 Å². The Morgan fingerprint density at radius 1 is 1.03 bits per heavy atom. The van der Waals surface area contributed by atoms with Crippen molar-refractivity contribution < 1.29 is 23.4 Å². The van der Waals surface area contributed by atoms with Crippen LogP contribution in [-0.2, 0) is 4.74 Å². The molecule has 1 saturated heterocycles. The van der Waals surface area contributed by atoms with Crippen molar-refractivity contribution in [2.24, 2.45) is 17.8 Å². The number of hydrogen-bond donors (Lipinski definition) is 1. The SMILES string of the molecule is CC.CC.CC(C)(O)CC(C1CCN(C(=O)OC(C)(C)C)CC1)C1CCC(F)(F)C1. The van der Waals surface area contributed by atoms with Gasteiger partial charge in [-0.25, -0.2) is 13.6 Å². The molecule has 6 heteroatoms. The highest BCUT2D eigenvalue weighted by Gasteiger charge is 2.46. The van der Waals surface area contributed by atoms with E-state index in [4.69, 9.17) is 4.74 Å². The zero-order chi connectivity index (χ0) is 23.8. The predicted molar refractivity (Wildman–Crippen MR) is 120 cm³/mol. The lowest BCUT2D eigenvalue weighted by atomic mass is 9.71. The second-order valence-corrected chi connectivity index (χ2v) is 9.84. The zero-order valence-corrected chi connectivity index (χ0v) is 20.9. The fourth-order valence-electron chi connectivity index (χ4n) is 4.48. The molecule has 1 saturated carbocycles. The Labute approximate surface area is 183 Å². The molecule has 1 heterocycles. The van der Waals surface area contributed by atoms with Gasteiger partial charge in [0, 0.05) is 25.9 Å². The molecular weight excluding hydrogens is 388 g/mol. The number of aliphatic hydroxyl groups is 1. The molecule has 4 nitrogen and oxygen atoms in total. The minimum absolute atomic E-state index is 0.0449. The lowest BCUT2D eigenvalue weighted by Crippen LogP contribution is -2.44. The van der Waals surface area contributed by atoms with Crippen molar-refractivity contribution >= 4 is 6.09 Å². The molecule has 1 aliphatic heterocycles. The van der Waals surface area contributed by atoms with E-state index in [1.165, 1.54) is 0 Å². The van der Waals surface area contributed by atoms with Crippen LogP contribution in [0.4, 0.5) is 13.6 Å². The van der Waals surface area contributed by atoms with Gasteiger partial charge in [-0.1, -0.05) is 27.7 Å². The van der Waals surface area contributed by atoms with Crippen LogP contribution in [0.3, 0.4) is 0 Å². The first-order valence-electron chi connectivity index (χ1n) is 11.8. The quantitative estimate of drug-likeness (QED) is 0.522. The lowest BCUT2D eigenvalue weighted by Gasteiger charge is -2.40. The number of hydrogen-bond acceptors (Lipinski definition) is 3. The van der Waals surface area contributed by atoms with E-state index in [0.717, 1.165) is 12.8 Å². The standard InChI is InChI=1S/C20H35F2NO3.2C2H6/c1-18(2,3)26-17(24)23-10-7-14(8-11-23)16(13-19(4,5)25)15-6-9-20(21,22)12-15;2*1-2/h14-16,25H,6-13H2,1-5H3;2*1-2H3. The van der Waals surface area contributed by atoms with E-state index in [1.807, 2.05) is 48.5 Å². The van der Waals surface area contributed by atoms with Crippen LogP contribution in [0.2, 0.25) is 0 Å². The normalized spacial score (nSPS) is 22.9. The van der Waals surface area contributed by atoms with Crippen LogP contribution in [0, 0.1) is 17.8 Å². The third-order valence-electron chi connectivity index (χ3n) is 5.58. The Bertz CT molecular complexity index is 490. The number of likely N-dealkylation sites (tertiary alicyclic amines) is 1. The Morgan fingerprint density at radius 2 is 1.53 bits per heavy atom. The van der Waals surface area contributed by atoms with Crippen molar-refractivity contribution in [1.29, 1.82) is 0 Å². The minimum atomic E-state index is -2.57. The molecule has 1 N–H and O–H groups in total. The average molecular weight is 436 g/mol. The summed E-state index contributed by atoms with van der Waals surface area (Å²) in [6, 6.07) is 0. The Morgan fingerprint density at radius 3 is 1.90 bits per heavy atom. The Kier molecular flexibility index (Phi) is 11.8. The first-order valence-corrected chi connectivity index (χ1v) is 11.8. The molecule has 1 aliphatic carbocycles. The second-order valence-electron chi connectivity index (χ2n) is 9.84. The van der Waals surface area contributed by atoms with Crippen LogP contribution >= 0.6 is 0 Å². The first-order chi connectivity index (χ1) is 13.8. The van der Waals surface area contributed by atoms with Gasteiger partial charge >= 0.3 is 6.09 Å². The maximum Gasteiger partial charge on any atom is 0.410 e. The van der Waals surface area contributed by atoms with Crippen LogP contribution in [0.15, 0.2) is 0 Å². The largest absolute Gasteiger partial charge is 0.444 e. The number of rotatable bonds is 4. The van der Waals surface area contributed by atoms with Gasteiger partial charge in [0.1, 0.15) is 5.60 Å². The molecule has 0 bridgehead atoms. The fourth-order valence-corrected chi connectivity index (χ4v) is 4.48. The summed E-state index contributed by atoms with van der Waals surface area (Å²) in [6.45, 7) is 18.2. The minimum Gasteiger partial charge on any atom is -0.444 e. The number of piperidine rings is 1. The molecule has 1 amide bonds. The summed E-state index contributed by atoms with van der Waals surface area (Å²) in [7, 11) is 0. The average Bonchev–Trinajstić information content (AvgIpc) is 3.01. The summed E-state index contributed by atoms with van der Waals surface area (Å²) in [4.78, 5) is 13.9. The van der Waals surface area contributed by atoms with Crippen molar-refractivity contribution in [1.82, 2.24) is 4.90 Å². The first kappa shape index (κ1) is 29.1. The summed E-state index contributed by atoms with van der Waals surface area (Å²) < 4.78 is 32.9. The number of carbonyl (C=O) groups is 1. The van der Waals surface area contributed by atoms with Crippen molar-refractivity contribution in [3.63, 3.8) is 0 Å². The van der Waals surface area contributed by atoms with Gasteiger partial charge in [0.2, 0.25) is 5.92 Å². The molecule has 0 aromatic rings. The van der Waals surface area contributed by atoms with Gasteiger partial charge < -0.3 is 14.7 Å². The third kappa shape index (κ3) is 10.4. The van der Waals surface area contributed by atoms with E-state index in [9.17, 15) is 18.7 Å². The highest BCUT2D eigenvalue weighted by atomic mass is 19.3. The highest BCUT2D eigenvalue weighted by molar-refractivity contribution is 5.68. The fraction of sp³-hybridized carbons (Fsp3) is 0.958. The van der Waals surface area contributed by atoms with Crippen molar-refractivity contribution in [2.45, 2.75) is 118 Å². The molecule has 0 radical (unpaired) electrons. The van der Waals surface area contributed by atoms with Gasteiger partial charge in [-0.2, -0.15) is 0 Å². The molecule has 2 fully saturated rings. The molecule has 2 atom stereocenters. The summed E-state index contributed by atoms with van der Waals surface area (Å²) in [5.74, 6) is -2.28. The Balaban J connectivity index is 0.00000198. The number of carbonyl (C=O) groups excluding carboxylic acids is 1. The van der Waals surface area contributed by atoms with Gasteiger partial charge in [0.05, 0.1) is 5.60 Å².